The second-order valence-electron chi connectivity index (χ2n) is 8.90. The zero-order valence-electron chi connectivity index (χ0n) is 18.5. The van der Waals surface area contributed by atoms with Gasteiger partial charge in [-0.15, -0.1) is 0 Å². The summed E-state index contributed by atoms with van der Waals surface area (Å²) in [6, 6.07) is 19.8. The molecule has 3 atom stereocenters. The van der Waals surface area contributed by atoms with Crippen LogP contribution in [-0.2, 0) is 22.5 Å². The molecule has 0 radical (unpaired) electrons. The second-order valence-corrected chi connectivity index (χ2v) is 8.90. The molecule has 1 aliphatic heterocycles. The molecule has 30 heavy (non-hydrogen) atoms. The Balaban J connectivity index is 1.87. The number of hydrogen-bond acceptors (Lipinski definition) is 4. The first-order valence-electron chi connectivity index (χ1n) is 10.5. The van der Waals surface area contributed by atoms with Crippen molar-refractivity contribution in [3.8, 4) is 0 Å². The number of carbonyl (C=O) groups is 1. The maximum absolute atomic E-state index is 13.2. The van der Waals surface area contributed by atoms with Crippen LogP contribution in [-0.4, -0.2) is 36.2 Å². The average Bonchev–Trinajstić information content (AvgIpc) is 2.74. The third-order valence-electron chi connectivity index (χ3n) is 5.55. The summed E-state index contributed by atoms with van der Waals surface area (Å²) in [4.78, 5) is 19.9. The summed E-state index contributed by atoms with van der Waals surface area (Å²) in [5.74, 6) is 0.652. The molecule has 0 fully saturated rings. The fourth-order valence-corrected chi connectivity index (χ4v) is 3.90. The lowest BCUT2D eigenvalue weighted by molar-refractivity contribution is 0.0171. The summed E-state index contributed by atoms with van der Waals surface area (Å²) in [5.41, 5.74) is 1.89. The molecular weight excluding hydrogens is 376 g/mol. The van der Waals surface area contributed by atoms with Gasteiger partial charge in [0.1, 0.15) is 12.8 Å². The number of methoxy groups -OCH3 is 1. The topological polar surface area (TPSA) is 51.1 Å². The van der Waals surface area contributed by atoms with E-state index in [1.165, 1.54) is 5.56 Å². The van der Waals surface area contributed by atoms with E-state index in [9.17, 15) is 4.79 Å². The van der Waals surface area contributed by atoms with Crippen molar-refractivity contribution in [1.29, 1.82) is 0 Å². The van der Waals surface area contributed by atoms with Crippen molar-refractivity contribution in [3.05, 3.63) is 71.8 Å². The van der Waals surface area contributed by atoms with Crippen LogP contribution in [0.3, 0.4) is 0 Å². The molecule has 0 saturated heterocycles. The van der Waals surface area contributed by atoms with E-state index in [0.29, 0.717) is 5.90 Å². The van der Waals surface area contributed by atoms with E-state index in [0.717, 1.165) is 12.0 Å². The maximum Gasteiger partial charge on any atom is 0.412 e. The molecule has 3 rings (SSSR count). The molecule has 0 aromatic heterocycles. The number of aliphatic imine (C=N–C) groups is 1. The van der Waals surface area contributed by atoms with Crippen LogP contribution >= 0.6 is 0 Å². The smallest absolute Gasteiger partial charge is 0.412 e. The first-order chi connectivity index (χ1) is 14.3. The molecule has 160 valence electrons. The second kappa shape index (κ2) is 9.33. The number of nitrogens with zero attached hydrogens (tertiary/aromatic N) is 2. The van der Waals surface area contributed by atoms with E-state index in [2.05, 4.69) is 39.8 Å². The first kappa shape index (κ1) is 21.9. The lowest BCUT2D eigenvalue weighted by Crippen LogP contribution is -2.58. The number of benzene rings is 2. The first-order valence-corrected chi connectivity index (χ1v) is 10.5. The number of carbonyl (C=O) groups excluding carboxylic acids is 1. The quantitative estimate of drug-likeness (QED) is 0.689. The lowest BCUT2D eigenvalue weighted by atomic mass is 9.84. The van der Waals surface area contributed by atoms with Gasteiger partial charge in [-0.1, -0.05) is 81.4 Å². The number of rotatable bonds is 4. The molecule has 2 aromatic rings. The third-order valence-corrected chi connectivity index (χ3v) is 5.55. The molecule has 0 N–H and O–H groups in total. The maximum atomic E-state index is 13.2. The predicted molar refractivity (Wildman–Crippen MR) is 119 cm³/mol. The van der Waals surface area contributed by atoms with Crippen LogP contribution < -0.4 is 0 Å². The molecule has 5 nitrogen and oxygen atoms in total. The summed E-state index contributed by atoms with van der Waals surface area (Å²) in [5, 5.41) is 0. The van der Waals surface area contributed by atoms with Gasteiger partial charge in [0.05, 0.1) is 13.0 Å². The average molecular weight is 409 g/mol. The minimum Gasteiger partial charge on any atom is -0.484 e. The highest BCUT2D eigenvalue weighted by Crippen LogP contribution is 2.35. The summed E-state index contributed by atoms with van der Waals surface area (Å²) < 4.78 is 11.4. The Morgan fingerprint density at radius 2 is 1.57 bits per heavy atom. The Morgan fingerprint density at radius 3 is 2.10 bits per heavy atom. The minimum absolute atomic E-state index is 0.0414. The highest BCUT2D eigenvalue weighted by atomic mass is 16.6. The van der Waals surface area contributed by atoms with Crippen LogP contribution in [0.5, 0.6) is 0 Å². The fourth-order valence-electron chi connectivity index (χ4n) is 3.90. The predicted octanol–water partition coefficient (Wildman–Crippen LogP) is 5.30. The van der Waals surface area contributed by atoms with E-state index < -0.39 is 0 Å². The van der Waals surface area contributed by atoms with Crippen molar-refractivity contribution in [2.45, 2.75) is 52.9 Å². The molecular formula is C25H32N2O3. The standard InChI is InChI=1S/C25H32N2O3/c1-18-21(16-19-12-8-6-9-13-19)22(29-5)26-23(25(2,3)4)27(18)24(28)30-17-20-14-10-7-11-15-20/h6-15,18,21,23H,16-17H2,1-5H3/t18-,21-,23+/m0/s1. The monoisotopic (exact) mass is 408 g/mol. The van der Waals surface area contributed by atoms with Crippen molar-refractivity contribution in [2.24, 2.45) is 16.3 Å². The van der Waals surface area contributed by atoms with Crippen molar-refractivity contribution >= 4 is 12.0 Å². The van der Waals surface area contributed by atoms with Crippen LogP contribution in [0.25, 0.3) is 0 Å². The van der Waals surface area contributed by atoms with Crippen LogP contribution in [0.2, 0.25) is 0 Å². The molecule has 0 saturated carbocycles. The summed E-state index contributed by atoms with van der Waals surface area (Å²) in [7, 11) is 1.66. The van der Waals surface area contributed by atoms with E-state index in [4.69, 9.17) is 14.5 Å². The van der Waals surface area contributed by atoms with Gasteiger partial charge in [-0.05, 0) is 24.5 Å². The van der Waals surface area contributed by atoms with Crippen LogP contribution in [0.1, 0.15) is 38.8 Å². The van der Waals surface area contributed by atoms with Gasteiger partial charge in [0.15, 0.2) is 5.90 Å². The molecule has 5 heteroatoms. The van der Waals surface area contributed by atoms with Gasteiger partial charge in [-0.2, -0.15) is 0 Å². The van der Waals surface area contributed by atoms with Crippen LogP contribution in [0, 0.1) is 11.3 Å². The Bertz CT molecular complexity index is 859. The summed E-state index contributed by atoms with van der Waals surface area (Å²) in [6.07, 6.45) is 0.0366. The van der Waals surface area contributed by atoms with Gasteiger partial charge in [-0.25, -0.2) is 9.79 Å². The van der Waals surface area contributed by atoms with Gasteiger partial charge in [-0.3, -0.25) is 4.90 Å². The van der Waals surface area contributed by atoms with E-state index in [1.807, 2.05) is 48.5 Å². The summed E-state index contributed by atoms with van der Waals surface area (Å²) >= 11 is 0. The Labute approximate surface area is 179 Å². The molecule has 2 aromatic carbocycles. The van der Waals surface area contributed by atoms with Crippen LogP contribution in [0.15, 0.2) is 65.7 Å². The van der Waals surface area contributed by atoms with E-state index in [1.54, 1.807) is 12.0 Å². The van der Waals surface area contributed by atoms with Crippen molar-refractivity contribution in [1.82, 2.24) is 4.90 Å². The molecule has 0 unspecified atom stereocenters. The number of hydrogen-bond donors (Lipinski definition) is 0. The molecule has 1 aliphatic rings. The SMILES string of the molecule is COC1=N[C@@H](C(C)(C)C)N(C(=O)OCc2ccccc2)[C@@H](C)[C@@H]1Cc1ccccc1. The zero-order valence-corrected chi connectivity index (χ0v) is 18.5. The van der Waals surface area contributed by atoms with Gasteiger partial charge in [0.25, 0.3) is 0 Å². The van der Waals surface area contributed by atoms with E-state index >= 15 is 0 Å². The molecule has 0 aliphatic carbocycles. The number of amides is 1. The minimum atomic E-state index is -0.363. The summed E-state index contributed by atoms with van der Waals surface area (Å²) in [6.45, 7) is 8.54. The van der Waals surface area contributed by atoms with E-state index in [-0.39, 0.29) is 36.2 Å². The van der Waals surface area contributed by atoms with Crippen molar-refractivity contribution in [2.75, 3.05) is 7.11 Å². The zero-order chi connectivity index (χ0) is 21.7. The largest absolute Gasteiger partial charge is 0.484 e. The highest BCUT2D eigenvalue weighted by molar-refractivity contribution is 5.83. The van der Waals surface area contributed by atoms with Gasteiger partial charge >= 0.3 is 6.09 Å². The Morgan fingerprint density at radius 1 is 1.00 bits per heavy atom. The number of ether oxygens (including phenoxy) is 2. The Kier molecular flexibility index (Phi) is 6.80. The fraction of sp³-hybridized carbons (Fsp3) is 0.440. The van der Waals surface area contributed by atoms with Crippen LogP contribution in [0.4, 0.5) is 4.79 Å². The molecule has 1 amide bonds. The molecule has 0 bridgehead atoms. The van der Waals surface area contributed by atoms with Crippen molar-refractivity contribution in [3.63, 3.8) is 0 Å². The normalized spacial score (nSPS) is 21.7. The highest BCUT2D eigenvalue weighted by Gasteiger charge is 2.45. The van der Waals surface area contributed by atoms with Gasteiger partial charge in [0.2, 0.25) is 0 Å². The lowest BCUT2D eigenvalue weighted by Gasteiger charge is -2.46. The van der Waals surface area contributed by atoms with Gasteiger partial charge < -0.3 is 9.47 Å². The third kappa shape index (κ3) is 5.02. The Hall–Kier alpha value is -2.82. The molecule has 0 spiro atoms. The van der Waals surface area contributed by atoms with Crippen molar-refractivity contribution < 1.29 is 14.3 Å². The molecule has 1 heterocycles. The van der Waals surface area contributed by atoms with Gasteiger partial charge in [0, 0.05) is 11.5 Å².